The first-order valence-electron chi connectivity index (χ1n) is 5.96. The lowest BCUT2D eigenvalue weighted by Gasteiger charge is -2.05. The van der Waals surface area contributed by atoms with Gasteiger partial charge in [0, 0.05) is 17.5 Å². The van der Waals surface area contributed by atoms with Gasteiger partial charge in [0.05, 0.1) is 12.3 Å². The van der Waals surface area contributed by atoms with Crippen LogP contribution in [0.1, 0.15) is 23.0 Å². The number of carbonyl (C=O) groups excluding carboxylic acids is 2. The lowest BCUT2D eigenvalue weighted by molar-refractivity contribution is -0.137. The molecule has 0 aliphatic heterocycles. The third kappa shape index (κ3) is 2.70. The van der Waals surface area contributed by atoms with Crippen LogP contribution in [-0.4, -0.2) is 28.1 Å². The molecule has 0 bridgehead atoms. The van der Waals surface area contributed by atoms with Crippen molar-refractivity contribution in [2.75, 3.05) is 6.61 Å². The van der Waals surface area contributed by atoms with Gasteiger partial charge in [0.15, 0.2) is 0 Å². The van der Waals surface area contributed by atoms with E-state index in [0.29, 0.717) is 5.56 Å². The van der Waals surface area contributed by atoms with Crippen LogP contribution in [0.25, 0.3) is 5.69 Å². The second kappa shape index (κ2) is 5.48. The molecule has 0 radical (unpaired) electrons. The van der Waals surface area contributed by atoms with Gasteiger partial charge in [-0.05, 0) is 44.2 Å². The van der Waals surface area contributed by atoms with Crippen LogP contribution in [0.5, 0.6) is 0 Å². The molecule has 0 amide bonds. The van der Waals surface area contributed by atoms with E-state index in [-0.39, 0.29) is 6.61 Å². The second-order valence-electron chi connectivity index (χ2n) is 3.98. The molecular formula is C14H14N2O3. The van der Waals surface area contributed by atoms with Crippen LogP contribution in [0.4, 0.5) is 0 Å². The van der Waals surface area contributed by atoms with Gasteiger partial charge in [-0.1, -0.05) is 0 Å². The highest BCUT2D eigenvalue weighted by atomic mass is 16.5. The average Bonchev–Trinajstić information content (AvgIpc) is 2.84. The molecule has 5 nitrogen and oxygen atoms in total. The predicted molar refractivity (Wildman–Crippen MR) is 69.3 cm³/mol. The highest BCUT2D eigenvalue weighted by molar-refractivity contribution is 6.40. The molecule has 0 aliphatic rings. The zero-order chi connectivity index (χ0) is 13.8. The van der Waals surface area contributed by atoms with Gasteiger partial charge in [-0.15, -0.1) is 0 Å². The van der Waals surface area contributed by atoms with E-state index in [0.717, 1.165) is 11.4 Å². The molecular weight excluding hydrogens is 244 g/mol. The Morgan fingerprint density at radius 3 is 2.42 bits per heavy atom. The van der Waals surface area contributed by atoms with E-state index in [2.05, 4.69) is 9.84 Å². The van der Waals surface area contributed by atoms with Gasteiger partial charge >= 0.3 is 5.97 Å². The monoisotopic (exact) mass is 258 g/mol. The number of esters is 1. The Morgan fingerprint density at radius 1 is 1.21 bits per heavy atom. The number of hydrogen-bond acceptors (Lipinski definition) is 4. The van der Waals surface area contributed by atoms with Crippen LogP contribution >= 0.6 is 0 Å². The van der Waals surface area contributed by atoms with Gasteiger partial charge in [0.25, 0.3) is 5.78 Å². The second-order valence-corrected chi connectivity index (χ2v) is 3.98. The smallest absolute Gasteiger partial charge is 0.379 e. The SMILES string of the molecule is CCOC(=O)C(=O)c1ccc(-n2nccc2C)cc1. The number of hydrogen-bond donors (Lipinski definition) is 0. The summed E-state index contributed by atoms with van der Waals surface area (Å²) in [6.07, 6.45) is 1.70. The standard InChI is InChI=1S/C14H14N2O3/c1-3-19-14(18)13(17)11-4-6-12(7-5-11)16-10(2)8-9-15-16/h4-9H,3H2,1-2H3. The van der Waals surface area contributed by atoms with E-state index in [1.807, 2.05) is 13.0 Å². The highest BCUT2D eigenvalue weighted by Gasteiger charge is 2.17. The molecule has 1 heterocycles. The average molecular weight is 258 g/mol. The summed E-state index contributed by atoms with van der Waals surface area (Å²) in [5.74, 6) is -1.46. The van der Waals surface area contributed by atoms with Crippen LogP contribution in [0.15, 0.2) is 36.5 Å². The van der Waals surface area contributed by atoms with Crippen molar-refractivity contribution in [2.24, 2.45) is 0 Å². The molecule has 1 aromatic heterocycles. The zero-order valence-corrected chi connectivity index (χ0v) is 10.8. The summed E-state index contributed by atoms with van der Waals surface area (Å²) >= 11 is 0. The maximum Gasteiger partial charge on any atom is 0.379 e. The molecule has 0 N–H and O–H groups in total. The highest BCUT2D eigenvalue weighted by Crippen LogP contribution is 2.12. The van der Waals surface area contributed by atoms with Gasteiger partial charge in [0.2, 0.25) is 0 Å². The number of carbonyl (C=O) groups is 2. The van der Waals surface area contributed by atoms with E-state index >= 15 is 0 Å². The quantitative estimate of drug-likeness (QED) is 0.477. The van der Waals surface area contributed by atoms with Crippen molar-refractivity contribution < 1.29 is 14.3 Å². The number of aryl methyl sites for hydroxylation is 1. The minimum atomic E-state index is -0.828. The summed E-state index contributed by atoms with van der Waals surface area (Å²) in [4.78, 5) is 23.0. The van der Waals surface area contributed by atoms with Crippen molar-refractivity contribution in [3.05, 3.63) is 47.8 Å². The van der Waals surface area contributed by atoms with E-state index in [1.54, 1.807) is 42.1 Å². The molecule has 0 spiro atoms. The Balaban J connectivity index is 2.22. The normalized spacial score (nSPS) is 10.2. The van der Waals surface area contributed by atoms with Crippen LogP contribution in [0.3, 0.4) is 0 Å². The van der Waals surface area contributed by atoms with Crippen molar-refractivity contribution in [3.8, 4) is 5.69 Å². The van der Waals surface area contributed by atoms with Gasteiger partial charge in [-0.25, -0.2) is 9.48 Å². The number of ether oxygens (including phenoxy) is 1. The van der Waals surface area contributed by atoms with Crippen LogP contribution < -0.4 is 0 Å². The molecule has 2 rings (SSSR count). The van der Waals surface area contributed by atoms with E-state index in [1.165, 1.54) is 0 Å². The molecule has 0 saturated carbocycles. The lowest BCUT2D eigenvalue weighted by atomic mass is 10.1. The van der Waals surface area contributed by atoms with Crippen molar-refractivity contribution in [2.45, 2.75) is 13.8 Å². The first kappa shape index (κ1) is 13.0. The molecule has 1 aromatic carbocycles. The minimum Gasteiger partial charge on any atom is -0.460 e. The Kier molecular flexibility index (Phi) is 3.75. The number of Topliss-reactive ketones (excluding diaryl/α,β-unsaturated/α-hetero) is 1. The number of benzene rings is 1. The van der Waals surface area contributed by atoms with E-state index in [4.69, 9.17) is 0 Å². The lowest BCUT2D eigenvalue weighted by Crippen LogP contribution is -2.17. The Hall–Kier alpha value is -2.43. The summed E-state index contributed by atoms with van der Waals surface area (Å²) in [5, 5.41) is 4.17. The zero-order valence-electron chi connectivity index (χ0n) is 10.8. The first-order valence-corrected chi connectivity index (χ1v) is 5.96. The first-order chi connectivity index (χ1) is 9.13. The largest absolute Gasteiger partial charge is 0.460 e. The topological polar surface area (TPSA) is 61.2 Å². The third-order valence-corrected chi connectivity index (χ3v) is 2.67. The summed E-state index contributed by atoms with van der Waals surface area (Å²) in [6, 6.07) is 8.56. The summed E-state index contributed by atoms with van der Waals surface area (Å²) in [7, 11) is 0. The molecule has 2 aromatic rings. The molecule has 0 aliphatic carbocycles. The van der Waals surface area contributed by atoms with Gasteiger partial charge in [-0.2, -0.15) is 5.10 Å². The van der Waals surface area contributed by atoms with Crippen molar-refractivity contribution in [1.82, 2.24) is 9.78 Å². The van der Waals surface area contributed by atoms with E-state index < -0.39 is 11.8 Å². The van der Waals surface area contributed by atoms with Gasteiger partial charge in [0.1, 0.15) is 0 Å². The fraction of sp³-hybridized carbons (Fsp3) is 0.214. The van der Waals surface area contributed by atoms with Gasteiger partial charge < -0.3 is 4.74 Å². The summed E-state index contributed by atoms with van der Waals surface area (Å²) in [6.45, 7) is 3.79. The molecule has 0 unspecified atom stereocenters. The van der Waals surface area contributed by atoms with Crippen LogP contribution in [-0.2, 0) is 9.53 Å². The summed E-state index contributed by atoms with van der Waals surface area (Å²) in [5.41, 5.74) is 2.14. The maximum absolute atomic E-state index is 11.7. The predicted octanol–water partition coefficient (Wildman–Crippen LogP) is 1.93. The van der Waals surface area contributed by atoms with Crippen LogP contribution in [0.2, 0.25) is 0 Å². The Labute approximate surface area is 110 Å². The van der Waals surface area contributed by atoms with E-state index in [9.17, 15) is 9.59 Å². The van der Waals surface area contributed by atoms with Gasteiger partial charge in [-0.3, -0.25) is 4.79 Å². The molecule has 0 saturated heterocycles. The molecule has 0 atom stereocenters. The molecule has 98 valence electrons. The molecule has 0 fully saturated rings. The third-order valence-electron chi connectivity index (χ3n) is 2.67. The summed E-state index contributed by atoms with van der Waals surface area (Å²) < 4.78 is 6.42. The van der Waals surface area contributed by atoms with Crippen LogP contribution in [0, 0.1) is 6.92 Å². The number of ketones is 1. The number of nitrogens with zero attached hydrogens (tertiary/aromatic N) is 2. The van der Waals surface area contributed by atoms with Crippen molar-refractivity contribution >= 4 is 11.8 Å². The Bertz CT molecular complexity index is 599. The van der Waals surface area contributed by atoms with Crippen molar-refractivity contribution in [1.29, 1.82) is 0 Å². The molecule has 19 heavy (non-hydrogen) atoms. The van der Waals surface area contributed by atoms with Crippen molar-refractivity contribution in [3.63, 3.8) is 0 Å². The minimum absolute atomic E-state index is 0.190. The number of rotatable bonds is 4. The number of aromatic nitrogens is 2. The molecule has 5 heteroatoms. The maximum atomic E-state index is 11.7. The Morgan fingerprint density at radius 2 is 1.89 bits per heavy atom. The fourth-order valence-electron chi connectivity index (χ4n) is 1.71. The fourth-order valence-corrected chi connectivity index (χ4v) is 1.71.